The second-order valence-corrected chi connectivity index (χ2v) is 7.98. The van der Waals surface area contributed by atoms with E-state index in [9.17, 15) is 0 Å². The van der Waals surface area contributed by atoms with Gasteiger partial charge in [-0.15, -0.1) is 11.8 Å². The summed E-state index contributed by atoms with van der Waals surface area (Å²) in [5.74, 6) is 0. The smallest absolute Gasteiger partial charge is 0.0507 e. The first-order chi connectivity index (χ1) is 10.7. The Morgan fingerprint density at radius 2 is 1.91 bits per heavy atom. The van der Waals surface area contributed by atoms with Gasteiger partial charge in [-0.1, -0.05) is 38.8 Å². The molecular formula is C19H30N2S. The summed E-state index contributed by atoms with van der Waals surface area (Å²) >= 11 is 2.14. The van der Waals surface area contributed by atoms with Gasteiger partial charge < -0.3 is 4.90 Å². The summed E-state index contributed by atoms with van der Waals surface area (Å²) in [5.41, 5.74) is 1.48. The number of thioether (sulfide) groups is 1. The van der Waals surface area contributed by atoms with Gasteiger partial charge in [-0.25, -0.2) is 0 Å². The molecule has 122 valence electrons. The molecule has 0 amide bonds. The minimum Gasteiger partial charge on any atom is -0.365 e. The van der Waals surface area contributed by atoms with Crippen LogP contribution in [0, 0.1) is 0 Å². The lowest BCUT2D eigenvalue weighted by atomic mass is 9.92. The molecule has 0 saturated heterocycles. The standard InChI is InChI=1S/C19H30N2S/c1-4-20(5-2)15(3)14-21-16-10-6-8-12-18(16)22-19-13-9-7-11-17(19)21/h6,8,10,12,15,17,19H,4-5,7,9,11,13-14H2,1-3H3/t15?,17-,19?/m0/s1. The molecule has 0 bridgehead atoms. The molecule has 1 fully saturated rings. The van der Waals surface area contributed by atoms with Crippen molar-refractivity contribution in [1.29, 1.82) is 0 Å². The highest BCUT2D eigenvalue weighted by Gasteiger charge is 2.37. The van der Waals surface area contributed by atoms with Crippen LogP contribution in [0.1, 0.15) is 46.5 Å². The molecule has 3 rings (SSSR count). The van der Waals surface area contributed by atoms with Gasteiger partial charge in [0, 0.05) is 28.8 Å². The van der Waals surface area contributed by atoms with Crippen molar-refractivity contribution in [3.63, 3.8) is 0 Å². The molecule has 2 nitrogen and oxygen atoms in total. The first-order valence-electron chi connectivity index (χ1n) is 9.01. The van der Waals surface area contributed by atoms with Crippen molar-refractivity contribution in [2.24, 2.45) is 0 Å². The summed E-state index contributed by atoms with van der Waals surface area (Å²) in [4.78, 5) is 6.83. The first kappa shape index (κ1) is 16.2. The average Bonchev–Trinajstić information content (AvgIpc) is 2.55. The van der Waals surface area contributed by atoms with Crippen LogP contribution in [0.5, 0.6) is 0 Å². The summed E-state index contributed by atoms with van der Waals surface area (Å²) in [6, 6.07) is 10.4. The lowest BCUT2D eigenvalue weighted by molar-refractivity contribution is 0.227. The van der Waals surface area contributed by atoms with Crippen LogP contribution in [0.25, 0.3) is 0 Å². The van der Waals surface area contributed by atoms with E-state index in [1.165, 1.54) is 42.8 Å². The molecule has 2 unspecified atom stereocenters. The Labute approximate surface area is 140 Å². The first-order valence-corrected chi connectivity index (χ1v) is 9.89. The number of fused-ring (bicyclic) bond motifs is 2. The van der Waals surface area contributed by atoms with E-state index in [1.807, 2.05) is 0 Å². The fourth-order valence-corrected chi connectivity index (χ4v) is 5.70. The molecule has 1 aromatic rings. The molecule has 1 aliphatic heterocycles. The van der Waals surface area contributed by atoms with Crippen molar-refractivity contribution in [2.45, 2.75) is 68.7 Å². The van der Waals surface area contributed by atoms with Crippen LogP contribution in [-0.4, -0.2) is 41.9 Å². The molecular weight excluding hydrogens is 288 g/mol. The quantitative estimate of drug-likeness (QED) is 0.781. The van der Waals surface area contributed by atoms with E-state index in [2.05, 4.69) is 66.6 Å². The molecule has 1 heterocycles. The molecule has 0 spiro atoms. The summed E-state index contributed by atoms with van der Waals surface area (Å²) in [6.07, 6.45) is 5.58. The molecule has 2 aliphatic rings. The molecule has 0 N–H and O–H groups in total. The molecule has 1 saturated carbocycles. The third kappa shape index (κ3) is 3.16. The Morgan fingerprint density at radius 1 is 1.18 bits per heavy atom. The van der Waals surface area contributed by atoms with Crippen LogP contribution in [0.3, 0.4) is 0 Å². The van der Waals surface area contributed by atoms with Crippen molar-refractivity contribution in [3.05, 3.63) is 24.3 Å². The zero-order chi connectivity index (χ0) is 15.5. The van der Waals surface area contributed by atoms with Crippen molar-refractivity contribution in [2.75, 3.05) is 24.5 Å². The number of hydrogen-bond acceptors (Lipinski definition) is 3. The molecule has 0 radical (unpaired) electrons. The van der Waals surface area contributed by atoms with Gasteiger partial charge in [0.25, 0.3) is 0 Å². The average molecular weight is 319 g/mol. The lowest BCUT2D eigenvalue weighted by Crippen LogP contribution is -2.52. The van der Waals surface area contributed by atoms with Crippen LogP contribution < -0.4 is 4.90 Å². The van der Waals surface area contributed by atoms with Crippen LogP contribution in [-0.2, 0) is 0 Å². The number of anilines is 1. The van der Waals surface area contributed by atoms with Gasteiger partial charge in [0.05, 0.1) is 5.69 Å². The number of hydrogen-bond donors (Lipinski definition) is 0. The van der Waals surface area contributed by atoms with Gasteiger partial charge in [0.2, 0.25) is 0 Å². The van der Waals surface area contributed by atoms with Crippen molar-refractivity contribution in [1.82, 2.24) is 4.90 Å². The fourth-order valence-electron chi connectivity index (χ4n) is 4.19. The minimum atomic E-state index is 0.619. The number of para-hydroxylation sites is 1. The van der Waals surface area contributed by atoms with E-state index in [-0.39, 0.29) is 0 Å². The third-order valence-electron chi connectivity index (χ3n) is 5.42. The zero-order valence-corrected chi connectivity index (χ0v) is 15.1. The van der Waals surface area contributed by atoms with E-state index in [0.29, 0.717) is 6.04 Å². The minimum absolute atomic E-state index is 0.619. The van der Waals surface area contributed by atoms with Crippen molar-refractivity contribution in [3.8, 4) is 0 Å². The largest absolute Gasteiger partial charge is 0.365 e. The predicted molar refractivity (Wildman–Crippen MR) is 98.1 cm³/mol. The van der Waals surface area contributed by atoms with E-state index >= 15 is 0 Å². The maximum absolute atomic E-state index is 2.75. The second-order valence-electron chi connectivity index (χ2n) is 6.70. The van der Waals surface area contributed by atoms with E-state index in [0.717, 1.165) is 24.4 Å². The fraction of sp³-hybridized carbons (Fsp3) is 0.684. The maximum Gasteiger partial charge on any atom is 0.0507 e. The van der Waals surface area contributed by atoms with E-state index in [4.69, 9.17) is 0 Å². The Hall–Kier alpha value is -0.670. The normalized spacial score (nSPS) is 25.7. The van der Waals surface area contributed by atoms with Crippen LogP contribution >= 0.6 is 11.8 Å². The third-order valence-corrected chi connectivity index (χ3v) is 6.87. The lowest BCUT2D eigenvalue weighted by Gasteiger charge is -2.47. The molecule has 0 aromatic heterocycles. The Bertz CT molecular complexity index is 486. The summed E-state index contributed by atoms with van der Waals surface area (Å²) in [6.45, 7) is 10.4. The van der Waals surface area contributed by atoms with Crippen molar-refractivity contribution >= 4 is 17.4 Å². The highest BCUT2D eigenvalue weighted by atomic mass is 32.2. The van der Waals surface area contributed by atoms with Gasteiger partial charge >= 0.3 is 0 Å². The molecule has 22 heavy (non-hydrogen) atoms. The number of likely N-dealkylation sites (N-methyl/N-ethyl adjacent to an activating group) is 1. The molecule has 3 atom stereocenters. The predicted octanol–water partition coefficient (Wildman–Crippen LogP) is 4.64. The summed E-state index contributed by atoms with van der Waals surface area (Å²) in [7, 11) is 0. The maximum atomic E-state index is 2.75. The van der Waals surface area contributed by atoms with Crippen LogP contribution in [0.15, 0.2) is 29.2 Å². The Kier molecular flexibility index (Phi) is 5.35. The van der Waals surface area contributed by atoms with Crippen LogP contribution in [0.4, 0.5) is 5.69 Å². The van der Waals surface area contributed by atoms with Gasteiger partial charge in [0.1, 0.15) is 0 Å². The summed E-state index contributed by atoms with van der Waals surface area (Å²) < 4.78 is 0. The second kappa shape index (κ2) is 7.27. The van der Waals surface area contributed by atoms with E-state index in [1.54, 1.807) is 0 Å². The number of nitrogens with zero attached hydrogens (tertiary/aromatic N) is 2. The van der Waals surface area contributed by atoms with Gasteiger partial charge in [-0.3, -0.25) is 4.90 Å². The van der Waals surface area contributed by atoms with Gasteiger partial charge in [-0.05, 0) is 45.0 Å². The molecule has 3 heteroatoms. The number of rotatable bonds is 5. The number of benzene rings is 1. The monoisotopic (exact) mass is 318 g/mol. The SMILES string of the molecule is CCN(CC)C(C)CN1c2ccccc2SC2CCCC[C@@H]21. The Balaban J connectivity index is 1.85. The Morgan fingerprint density at radius 3 is 2.68 bits per heavy atom. The van der Waals surface area contributed by atoms with Crippen molar-refractivity contribution < 1.29 is 0 Å². The molecule has 1 aromatic carbocycles. The van der Waals surface area contributed by atoms with E-state index < -0.39 is 0 Å². The van der Waals surface area contributed by atoms with Gasteiger partial charge in [0.15, 0.2) is 0 Å². The molecule has 1 aliphatic carbocycles. The highest BCUT2D eigenvalue weighted by Crippen LogP contribution is 2.46. The zero-order valence-electron chi connectivity index (χ0n) is 14.3. The highest BCUT2D eigenvalue weighted by molar-refractivity contribution is 8.00. The summed E-state index contributed by atoms with van der Waals surface area (Å²) in [5, 5.41) is 0.799. The van der Waals surface area contributed by atoms with Crippen LogP contribution in [0.2, 0.25) is 0 Å². The van der Waals surface area contributed by atoms with Gasteiger partial charge in [-0.2, -0.15) is 0 Å². The topological polar surface area (TPSA) is 6.48 Å².